The molecule has 0 aromatic carbocycles. The summed E-state index contributed by atoms with van der Waals surface area (Å²) in [4.78, 5) is 11.5. The first-order chi connectivity index (χ1) is 7.50. The molecule has 1 aliphatic rings. The van der Waals surface area contributed by atoms with Gasteiger partial charge in [-0.3, -0.25) is 0 Å². The van der Waals surface area contributed by atoms with Gasteiger partial charge < -0.3 is 4.74 Å². The van der Waals surface area contributed by atoms with E-state index in [0.717, 1.165) is 18.4 Å². The highest BCUT2D eigenvalue weighted by molar-refractivity contribution is 6.77. The molecule has 1 saturated heterocycles. The van der Waals surface area contributed by atoms with Gasteiger partial charge in [0.15, 0.2) is 0 Å². The van der Waals surface area contributed by atoms with E-state index in [2.05, 4.69) is 13.1 Å². The third-order valence-electron chi connectivity index (χ3n) is 3.15. The van der Waals surface area contributed by atoms with Crippen LogP contribution in [0.25, 0.3) is 0 Å². The van der Waals surface area contributed by atoms with Crippen LogP contribution in [0.1, 0.15) is 19.8 Å². The predicted octanol–water partition coefficient (Wildman–Crippen LogP) is 2.87. The van der Waals surface area contributed by atoms with E-state index < -0.39 is 14.0 Å². The molecule has 0 bridgehead atoms. The lowest BCUT2D eigenvalue weighted by Gasteiger charge is -2.29. The van der Waals surface area contributed by atoms with Crippen LogP contribution < -0.4 is 0 Å². The minimum atomic E-state index is -1.04. The van der Waals surface area contributed by atoms with E-state index >= 15 is 0 Å². The van der Waals surface area contributed by atoms with Crippen LogP contribution in [0.4, 0.5) is 0 Å². The zero-order chi connectivity index (χ0) is 12.2. The van der Waals surface area contributed by atoms with Crippen molar-refractivity contribution in [2.45, 2.75) is 44.9 Å². The molecule has 1 rings (SSSR count). The minimum Gasteiger partial charge on any atom is -0.462 e. The zero-order valence-corrected chi connectivity index (χ0v) is 11.3. The van der Waals surface area contributed by atoms with Crippen molar-refractivity contribution >= 4 is 14.0 Å². The number of carbonyl (C=O) groups is 1. The van der Waals surface area contributed by atoms with Gasteiger partial charge >= 0.3 is 5.97 Å². The number of esters is 1. The van der Waals surface area contributed by atoms with E-state index in [1.165, 1.54) is 12.1 Å². The molecule has 1 aliphatic heterocycles. The fraction of sp³-hybridized carbons (Fsp3) is 0.667. The number of hydrogen-bond acceptors (Lipinski definition) is 3. The fourth-order valence-corrected chi connectivity index (χ4v) is 4.16. The Bertz CT molecular complexity index is 341. The third kappa shape index (κ3) is 3.21. The maximum absolute atomic E-state index is 11.5. The summed E-state index contributed by atoms with van der Waals surface area (Å²) in [6.45, 7) is 6.81. The highest BCUT2D eigenvalue weighted by Gasteiger charge is 2.28. The molecule has 1 fully saturated rings. The molecule has 0 aromatic heterocycles. The van der Waals surface area contributed by atoms with Crippen molar-refractivity contribution in [1.29, 1.82) is 5.26 Å². The van der Waals surface area contributed by atoms with E-state index in [0.29, 0.717) is 6.61 Å². The summed E-state index contributed by atoms with van der Waals surface area (Å²) in [6, 6.07) is 4.35. The monoisotopic (exact) mass is 237 g/mol. The van der Waals surface area contributed by atoms with Crippen LogP contribution in [-0.4, -0.2) is 20.7 Å². The zero-order valence-electron chi connectivity index (χ0n) is 10.3. The van der Waals surface area contributed by atoms with Crippen molar-refractivity contribution in [2.24, 2.45) is 0 Å². The van der Waals surface area contributed by atoms with Crippen molar-refractivity contribution in [3.05, 3.63) is 11.1 Å². The second-order valence-corrected chi connectivity index (χ2v) is 10.3. The SMILES string of the molecule is CCOC(=O)C(C#N)=C1CC[Si](C)(C)CC1. The summed E-state index contributed by atoms with van der Waals surface area (Å²) in [6.07, 6.45) is 1.81. The van der Waals surface area contributed by atoms with Crippen molar-refractivity contribution in [3.8, 4) is 6.07 Å². The van der Waals surface area contributed by atoms with Crippen LogP contribution in [0.15, 0.2) is 11.1 Å². The van der Waals surface area contributed by atoms with Gasteiger partial charge in [-0.15, -0.1) is 0 Å². The summed E-state index contributed by atoms with van der Waals surface area (Å²) in [5.74, 6) is -0.443. The van der Waals surface area contributed by atoms with Crippen LogP contribution in [0.5, 0.6) is 0 Å². The first kappa shape index (κ1) is 13.0. The molecule has 0 radical (unpaired) electrons. The standard InChI is InChI=1S/C12H19NO2Si/c1-4-15-12(14)11(9-13)10-5-7-16(2,3)8-6-10/h4-8H2,1-3H3. The highest BCUT2D eigenvalue weighted by atomic mass is 28.3. The van der Waals surface area contributed by atoms with Gasteiger partial charge in [0.2, 0.25) is 0 Å². The summed E-state index contributed by atoms with van der Waals surface area (Å²) >= 11 is 0. The Morgan fingerprint density at radius 3 is 2.44 bits per heavy atom. The Morgan fingerprint density at radius 1 is 1.44 bits per heavy atom. The smallest absolute Gasteiger partial charge is 0.348 e. The molecule has 1 heterocycles. The lowest BCUT2D eigenvalue weighted by molar-refractivity contribution is -0.138. The van der Waals surface area contributed by atoms with Gasteiger partial charge in [0.05, 0.1) is 6.61 Å². The number of carbonyl (C=O) groups excluding carboxylic acids is 1. The molecule has 0 saturated carbocycles. The van der Waals surface area contributed by atoms with Crippen LogP contribution in [0.2, 0.25) is 25.2 Å². The summed E-state index contributed by atoms with van der Waals surface area (Å²) < 4.78 is 4.89. The van der Waals surface area contributed by atoms with Crippen molar-refractivity contribution in [1.82, 2.24) is 0 Å². The molecule has 0 amide bonds. The van der Waals surface area contributed by atoms with Crippen molar-refractivity contribution < 1.29 is 9.53 Å². The average Bonchev–Trinajstić information content (AvgIpc) is 2.22. The quantitative estimate of drug-likeness (QED) is 0.321. The minimum absolute atomic E-state index is 0.256. The van der Waals surface area contributed by atoms with Crippen LogP contribution in [0, 0.1) is 11.3 Å². The number of nitriles is 1. The van der Waals surface area contributed by atoms with Gasteiger partial charge in [0.1, 0.15) is 11.6 Å². The molecule has 0 atom stereocenters. The molecule has 0 N–H and O–H groups in total. The third-order valence-corrected chi connectivity index (χ3v) is 6.36. The molecule has 16 heavy (non-hydrogen) atoms. The summed E-state index contributed by atoms with van der Waals surface area (Å²) in [7, 11) is -1.04. The van der Waals surface area contributed by atoms with Crippen LogP contribution >= 0.6 is 0 Å². The highest BCUT2D eigenvalue weighted by Crippen LogP contribution is 2.33. The van der Waals surface area contributed by atoms with Gasteiger partial charge in [0, 0.05) is 8.07 Å². The van der Waals surface area contributed by atoms with Crippen molar-refractivity contribution in [2.75, 3.05) is 6.61 Å². The van der Waals surface area contributed by atoms with E-state index in [4.69, 9.17) is 10.00 Å². The van der Waals surface area contributed by atoms with E-state index in [1.807, 2.05) is 6.07 Å². The number of rotatable bonds is 2. The van der Waals surface area contributed by atoms with Gasteiger partial charge in [0.25, 0.3) is 0 Å². The van der Waals surface area contributed by atoms with Gasteiger partial charge in [-0.25, -0.2) is 4.79 Å². The van der Waals surface area contributed by atoms with Gasteiger partial charge in [-0.2, -0.15) is 5.26 Å². The van der Waals surface area contributed by atoms with Crippen LogP contribution in [0.3, 0.4) is 0 Å². The molecule has 0 aliphatic carbocycles. The molecule has 0 spiro atoms. The molecule has 0 unspecified atom stereocenters. The lowest BCUT2D eigenvalue weighted by atomic mass is 10.0. The van der Waals surface area contributed by atoms with Gasteiger partial charge in [-0.05, 0) is 25.3 Å². The Kier molecular flexibility index (Phi) is 4.31. The average molecular weight is 237 g/mol. The normalized spacial score (nSPS) is 18.8. The number of nitrogens with zero attached hydrogens (tertiary/aromatic N) is 1. The van der Waals surface area contributed by atoms with E-state index in [1.54, 1.807) is 6.92 Å². The Labute approximate surface area is 98.1 Å². The van der Waals surface area contributed by atoms with E-state index in [-0.39, 0.29) is 5.57 Å². The number of allylic oxidation sites excluding steroid dienone is 1. The second kappa shape index (κ2) is 5.31. The lowest BCUT2D eigenvalue weighted by Crippen LogP contribution is -2.29. The molecule has 4 heteroatoms. The Balaban J connectivity index is 2.80. The maximum Gasteiger partial charge on any atom is 0.348 e. The summed E-state index contributed by atoms with van der Waals surface area (Å²) in [5.41, 5.74) is 1.26. The number of ether oxygens (including phenoxy) is 1. The van der Waals surface area contributed by atoms with Gasteiger partial charge in [-0.1, -0.05) is 25.2 Å². The molecule has 3 nitrogen and oxygen atoms in total. The Morgan fingerprint density at radius 2 is 2.00 bits per heavy atom. The first-order valence-corrected chi connectivity index (χ1v) is 9.21. The number of hydrogen-bond donors (Lipinski definition) is 0. The molecular formula is C12H19NO2Si. The predicted molar refractivity (Wildman–Crippen MR) is 65.6 cm³/mol. The second-order valence-electron chi connectivity index (χ2n) is 4.98. The molecule has 88 valence electrons. The summed E-state index contributed by atoms with van der Waals surface area (Å²) in [5, 5.41) is 9.01. The largest absolute Gasteiger partial charge is 0.462 e. The van der Waals surface area contributed by atoms with Crippen molar-refractivity contribution in [3.63, 3.8) is 0 Å². The fourth-order valence-electron chi connectivity index (χ4n) is 1.95. The first-order valence-electron chi connectivity index (χ1n) is 5.79. The topological polar surface area (TPSA) is 50.1 Å². The molecule has 0 aromatic rings. The van der Waals surface area contributed by atoms with E-state index in [9.17, 15) is 4.79 Å². The maximum atomic E-state index is 11.5. The Hall–Kier alpha value is -1.08. The molecular weight excluding hydrogens is 218 g/mol. The van der Waals surface area contributed by atoms with Crippen LogP contribution in [-0.2, 0) is 9.53 Å².